The Hall–Kier alpha value is -0.590. The van der Waals surface area contributed by atoms with Crippen molar-refractivity contribution in [1.29, 1.82) is 0 Å². The monoisotopic (exact) mass is 198 g/mol. The highest BCUT2D eigenvalue weighted by molar-refractivity contribution is 5.37. The van der Waals surface area contributed by atoms with Gasteiger partial charge in [0.1, 0.15) is 5.67 Å². The molecule has 0 rings (SSSR count). The van der Waals surface area contributed by atoms with Crippen molar-refractivity contribution in [2.75, 3.05) is 0 Å². The quantitative estimate of drug-likeness (QED) is 0.556. The van der Waals surface area contributed by atoms with Crippen LogP contribution in [0.3, 0.4) is 0 Å². The van der Waals surface area contributed by atoms with Crippen molar-refractivity contribution in [3.05, 3.63) is 23.3 Å². The van der Waals surface area contributed by atoms with Crippen LogP contribution >= 0.6 is 0 Å². The third kappa shape index (κ3) is 3.65. The summed E-state index contributed by atoms with van der Waals surface area (Å²) in [6.07, 6.45) is 3.02. The van der Waals surface area contributed by atoms with Gasteiger partial charge in [-0.05, 0) is 44.8 Å². The third-order valence-electron chi connectivity index (χ3n) is 2.58. The van der Waals surface area contributed by atoms with Crippen LogP contribution in [-0.4, -0.2) is 5.67 Å². The Balaban J connectivity index is 4.90. The Morgan fingerprint density at radius 1 is 1.29 bits per heavy atom. The van der Waals surface area contributed by atoms with Crippen molar-refractivity contribution >= 4 is 0 Å². The second-order valence-corrected chi connectivity index (χ2v) is 4.31. The molecule has 0 aliphatic heterocycles. The summed E-state index contributed by atoms with van der Waals surface area (Å²) in [4.78, 5) is 0. The van der Waals surface area contributed by atoms with Crippen molar-refractivity contribution < 1.29 is 4.39 Å². The van der Waals surface area contributed by atoms with Gasteiger partial charge in [-0.1, -0.05) is 32.4 Å². The summed E-state index contributed by atoms with van der Waals surface area (Å²) in [6.45, 7) is 13.3. The van der Waals surface area contributed by atoms with Crippen LogP contribution in [0.25, 0.3) is 0 Å². The molecule has 0 aliphatic rings. The molecule has 0 aromatic heterocycles. The molecule has 0 spiro atoms. The minimum absolute atomic E-state index is 0.644. The van der Waals surface area contributed by atoms with E-state index in [1.165, 1.54) is 5.57 Å². The van der Waals surface area contributed by atoms with Gasteiger partial charge in [-0.25, -0.2) is 4.39 Å². The Labute approximate surface area is 87.9 Å². The van der Waals surface area contributed by atoms with E-state index in [1.54, 1.807) is 13.8 Å². The first-order chi connectivity index (χ1) is 6.34. The van der Waals surface area contributed by atoms with Gasteiger partial charge in [0.15, 0.2) is 0 Å². The van der Waals surface area contributed by atoms with E-state index in [9.17, 15) is 4.39 Å². The average molecular weight is 198 g/mol. The highest BCUT2D eigenvalue weighted by atomic mass is 19.1. The zero-order chi connectivity index (χ0) is 11.4. The Bertz CT molecular complexity index is 228. The lowest BCUT2D eigenvalue weighted by Crippen LogP contribution is -2.17. The molecule has 14 heavy (non-hydrogen) atoms. The first-order valence-corrected chi connectivity index (χ1v) is 5.41. The van der Waals surface area contributed by atoms with Crippen molar-refractivity contribution in [2.45, 2.75) is 59.5 Å². The summed E-state index contributed by atoms with van der Waals surface area (Å²) in [5.41, 5.74) is 1.75. The molecule has 0 heterocycles. The van der Waals surface area contributed by atoms with E-state index in [1.807, 2.05) is 0 Å². The first-order valence-electron chi connectivity index (χ1n) is 5.41. The van der Waals surface area contributed by atoms with E-state index in [0.717, 1.165) is 24.8 Å². The van der Waals surface area contributed by atoms with Crippen LogP contribution in [0.5, 0.6) is 0 Å². The van der Waals surface area contributed by atoms with Gasteiger partial charge >= 0.3 is 0 Å². The molecule has 0 aliphatic carbocycles. The third-order valence-corrected chi connectivity index (χ3v) is 2.58. The SMILES string of the molecule is C=C(C(CC)=C(C)CCC)C(C)(C)F. The van der Waals surface area contributed by atoms with Crippen LogP contribution in [0, 0.1) is 0 Å². The Morgan fingerprint density at radius 3 is 2.07 bits per heavy atom. The fraction of sp³-hybridized carbons (Fsp3) is 0.692. The van der Waals surface area contributed by atoms with E-state index in [-0.39, 0.29) is 0 Å². The number of rotatable bonds is 5. The molecule has 0 nitrogen and oxygen atoms in total. The highest BCUT2D eigenvalue weighted by Crippen LogP contribution is 2.30. The maximum Gasteiger partial charge on any atom is 0.130 e. The van der Waals surface area contributed by atoms with Crippen molar-refractivity contribution in [1.82, 2.24) is 0 Å². The van der Waals surface area contributed by atoms with Crippen molar-refractivity contribution in [3.8, 4) is 0 Å². The lowest BCUT2D eigenvalue weighted by molar-refractivity contribution is 0.271. The van der Waals surface area contributed by atoms with Gasteiger partial charge < -0.3 is 0 Å². The average Bonchev–Trinajstić information content (AvgIpc) is 2.04. The zero-order valence-electron chi connectivity index (χ0n) is 10.2. The molecule has 0 fully saturated rings. The summed E-state index contributed by atoms with van der Waals surface area (Å²) < 4.78 is 13.7. The molecule has 0 bridgehead atoms. The Kier molecular flexibility index (Phi) is 5.11. The molecular weight excluding hydrogens is 175 g/mol. The highest BCUT2D eigenvalue weighted by Gasteiger charge is 2.23. The molecule has 0 saturated carbocycles. The van der Waals surface area contributed by atoms with Crippen LogP contribution in [0.2, 0.25) is 0 Å². The standard InChI is InChI=1S/C13H23F/c1-7-9-10(3)12(8-2)11(4)13(5,6)14/h4,7-9H2,1-3,5-6H3. The fourth-order valence-corrected chi connectivity index (χ4v) is 1.66. The zero-order valence-corrected chi connectivity index (χ0v) is 10.2. The summed E-state index contributed by atoms with van der Waals surface area (Å²) in [7, 11) is 0. The minimum atomic E-state index is -1.29. The van der Waals surface area contributed by atoms with E-state index >= 15 is 0 Å². The predicted octanol–water partition coefficient (Wildman–Crippen LogP) is 4.82. The van der Waals surface area contributed by atoms with Gasteiger partial charge in [0.05, 0.1) is 0 Å². The molecular formula is C13H23F. The molecule has 0 atom stereocenters. The number of hydrogen-bond donors (Lipinski definition) is 0. The summed E-state index contributed by atoms with van der Waals surface area (Å²) in [6, 6.07) is 0. The second-order valence-electron chi connectivity index (χ2n) is 4.31. The summed E-state index contributed by atoms with van der Waals surface area (Å²) in [5.74, 6) is 0. The van der Waals surface area contributed by atoms with Crippen molar-refractivity contribution in [2.24, 2.45) is 0 Å². The predicted molar refractivity (Wildman–Crippen MR) is 62.2 cm³/mol. The number of allylic oxidation sites excluding steroid dienone is 3. The molecule has 0 saturated heterocycles. The van der Waals surface area contributed by atoms with E-state index in [2.05, 4.69) is 27.4 Å². The fourth-order valence-electron chi connectivity index (χ4n) is 1.66. The van der Waals surface area contributed by atoms with Gasteiger partial charge in [-0.2, -0.15) is 0 Å². The normalized spacial score (nSPS) is 13.9. The largest absolute Gasteiger partial charge is 0.239 e. The van der Waals surface area contributed by atoms with Crippen LogP contribution in [0.4, 0.5) is 4.39 Å². The lowest BCUT2D eigenvalue weighted by atomic mass is 9.88. The van der Waals surface area contributed by atoms with Gasteiger partial charge in [0, 0.05) is 0 Å². The van der Waals surface area contributed by atoms with Gasteiger partial charge in [0.2, 0.25) is 0 Å². The van der Waals surface area contributed by atoms with Gasteiger partial charge in [-0.3, -0.25) is 0 Å². The van der Waals surface area contributed by atoms with Crippen LogP contribution in [0.1, 0.15) is 53.9 Å². The van der Waals surface area contributed by atoms with Gasteiger partial charge in [0.25, 0.3) is 0 Å². The molecule has 0 N–H and O–H groups in total. The molecule has 0 radical (unpaired) electrons. The smallest absolute Gasteiger partial charge is 0.130 e. The molecule has 0 amide bonds. The maximum absolute atomic E-state index is 13.7. The summed E-state index contributed by atoms with van der Waals surface area (Å²) in [5, 5.41) is 0. The van der Waals surface area contributed by atoms with E-state index < -0.39 is 5.67 Å². The molecule has 82 valence electrons. The van der Waals surface area contributed by atoms with E-state index in [0.29, 0.717) is 5.57 Å². The van der Waals surface area contributed by atoms with Crippen LogP contribution in [-0.2, 0) is 0 Å². The molecule has 0 aromatic carbocycles. The minimum Gasteiger partial charge on any atom is -0.239 e. The topological polar surface area (TPSA) is 0 Å². The first kappa shape index (κ1) is 13.4. The lowest BCUT2D eigenvalue weighted by Gasteiger charge is -2.22. The Morgan fingerprint density at radius 2 is 1.79 bits per heavy atom. The molecule has 0 unspecified atom stereocenters. The number of hydrogen-bond acceptors (Lipinski definition) is 0. The van der Waals surface area contributed by atoms with Gasteiger partial charge in [-0.15, -0.1) is 0 Å². The molecule has 1 heteroatoms. The maximum atomic E-state index is 13.7. The van der Waals surface area contributed by atoms with Crippen molar-refractivity contribution in [3.63, 3.8) is 0 Å². The van der Waals surface area contributed by atoms with E-state index in [4.69, 9.17) is 0 Å². The summed E-state index contributed by atoms with van der Waals surface area (Å²) >= 11 is 0. The van der Waals surface area contributed by atoms with Crippen LogP contribution < -0.4 is 0 Å². The second kappa shape index (κ2) is 5.33. The molecule has 0 aromatic rings. The number of alkyl halides is 1. The van der Waals surface area contributed by atoms with Crippen LogP contribution in [0.15, 0.2) is 23.3 Å². The number of halogens is 1.